The molecule has 0 fully saturated rings. The van der Waals surface area contributed by atoms with E-state index in [0.29, 0.717) is 5.69 Å². The molecule has 1 heterocycles. The van der Waals surface area contributed by atoms with Gasteiger partial charge in [0, 0.05) is 9.85 Å². The van der Waals surface area contributed by atoms with Gasteiger partial charge < -0.3 is 10.1 Å². The summed E-state index contributed by atoms with van der Waals surface area (Å²) in [5, 5.41) is 4.46. The zero-order valence-electron chi connectivity index (χ0n) is 11.5. The Labute approximate surface area is 134 Å². The Kier molecular flexibility index (Phi) is 5.08. The third kappa shape index (κ3) is 3.89. The van der Waals surface area contributed by atoms with Crippen LogP contribution in [0.25, 0.3) is 0 Å². The third-order valence-corrected chi connectivity index (χ3v) is 4.07. The number of halogens is 1. The average Bonchev–Trinajstić information content (AvgIpc) is 2.93. The number of benzene rings is 1. The number of anilines is 1. The second-order valence-electron chi connectivity index (χ2n) is 4.20. The molecule has 7 heteroatoms. The summed E-state index contributed by atoms with van der Waals surface area (Å²) in [4.78, 5) is 27.6. The Hall–Kier alpha value is -1.73. The molecule has 1 aromatic heterocycles. The molecular weight excluding hydrogens is 356 g/mol. The normalized spacial score (nSPS) is 10.2. The molecule has 1 amide bonds. The maximum Gasteiger partial charge on any atom is 0.367 e. The molecule has 0 saturated heterocycles. The summed E-state index contributed by atoms with van der Waals surface area (Å²) < 4.78 is 5.62. The Morgan fingerprint density at radius 2 is 2.19 bits per heavy atom. The van der Waals surface area contributed by atoms with Crippen LogP contribution in [-0.4, -0.2) is 23.5 Å². The number of carbonyl (C=O) groups is 2. The predicted molar refractivity (Wildman–Crippen MR) is 84.9 cm³/mol. The molecule has 0 saturated carbocycles. The Balaban J connectivity index is 2.14. The highest BCUT2D eigenvalue weighted by molar-refractivity contribution is 9.10. The second-order valence-corrected chi connectivity index (χ2v) is 5.91. The van der Waals surface area contributed by atoms with Crippen molar-refractivity contribution in [2.45, 2.75) is 13.8 Å². The molecule has 2 aromatic rings. The number of esters is 1. The van der Waals surface area contributed by atoms with Gasteiger partial charge in [0.15, 0.2) is 0 Å². The van der Waals surface area contributed by atoms with Crippen LogP contribution >= 0.6 is 27.3 Å². The van der Waals surface area contributed by atoms with Gasteiger partial charge in [0.25, 0.3) is 5.91 Å². The molecule has 0 spiro atoms. The number of nitrogens with zero attached hydrogens (tertiary/aromatic N) is 1. The number of aryl methyl sites for hydroxylation is 1. The lowest BCUT2D eigenvalue weighted by Crippen LogP contribution is -2.13. The molecular formula is C14H13BrN2O3S. The van der Waals surface area contributed by atoms with E-state index in [0.717, 1.165) is 21.4 Å². The summed E-state index contributed by atoms with van der Waals surface area (Å²) in [5.74, 6) is -0.883. The maximum atomic E-state index is 12.1. The topological polar surface area (TPSA) is 68.3 Å². The molecule has 0 aliphatic rings. The van der Waals surface area contributed by atoms with Gasteiger partial charge in [-0.3, -0.25) is 4.79 Å². The van der Waals surface area contributed by atoms with E-state index >= 15 is 0 Å². The van der Waals surface area contributed by atoms with Crippen LogP contribution in [0, 0.1) is 6.92 Å². The zero-order valence-corrected chi connectivity index (χ0v) is 13.9. The lowest BCUT2D eigenvalue weighted by Gasteiger charge is -2.06. The van der Waals surface area contributed by atoms with Gasteiger partial charge in [-0.1, -0.05) is 6.07 Å². The van der Waals surface area contributed by atoms with Crippen molar-refractivity contribution in [2.24, 2.45) is 0 Å². The lowest BCUT2D eigenvalue weighted by molar-refractivity contribution is 0.0526. The van der Waals surface area contributed by atoms with E-state index in [1.165, 1.54) is 5.38 Å². The van der Waals surface area contributed by atoms with E-state index in [4.69, 9.17) is 4.74 Å². The number of rotatable bonds is 4. The van der Waals surface area contributed by atoms with E-state index in [1.54, 1.807) is 6.92 Å². The fourth-order valence-electron chi connectivity index (χ4n) is 1.59. The highest BCUT2D eigenvalue weighted by Gasteiger charge is 2.17. The minimum atomic E-state index is -0.515. The van der Waals surface area contributed by atoms with Crippen molar-refractivity contribution >= 4 is 44.8 Å². The van der Waals surface area contributed by atoms with Crippen LogP contribution in [0.1, 0.15) is 32.8 Å². The van der Waals surface area contributed by atoms with Gasteiger partial charge in [-0.05, 0) is 47.5 Å². The number of carbonyl (C=O) groups excluding carboxylic acids is 2. The minimum Gasteiger partial charge on any atom is -0.461 e. The smallest absolute Gasteiger partial charge is 0.367 e. The van der Waals surface area contributed by atoms with Crippen molar-refractivity contribution in [3.63, 3.8) is 0 Å². The first-order valence-corrected chi connectivity index (χ1v) is 7.88. The summed E-state index contributed by atoms with van der Waals surface area (Å²) in [6.45, 7) is 3.92. The number of amides is 1. The summed E-state index contributed by atoms with van der Waals surface area (Å²) in [7, 11) is 0. The Morgan fingerprint density at radius 3 is 2.90 bits per heavy atom. The minimum absolute atomic E-state index is 0.172. The van der Waals surface area contributed by atoms with E-state index in [1.807, 2.05) is 25.1 Å². The first-order chi connectivity index (χ1) is 10.0. The lowest BCUT2D eigenvalue weighted by atomic mass is 10.2. The zero-order chi connectivity index (χ0) is 15.4. The maximum absolute atomic E-state index is 12.1. The Morgan fingerprint density at radius 1 is 1.43 bits per heavy atom. The Bertz CT molecular complexity index is 685. The standard InChI is InChI=1S/C14H13BrN2O3S/c1-3-20-14(19)13-17-11(7-21-13)12(18)16-10-6-8(2)4-5-9(10)15/h4-7H,3H2,1-2H3,(H,16,18). The molecule has 0 bridgehead atoms. The molecule has 21 heavy (non-hydrogen) atoms. The van der Waals surface area contributed by atoms with E-state index in [9.17, 15) is 9.59 Å². The highest BCUT2D eigenvalue weighted by Crippen LogP contribution is 2.24. The molecule has 0 radical (unpaired) electrons. The molecule has 0 atom stereocenters. The molecule has 0 unspecified atom stereocenters. The van der Waals surface area contributed by atoms with Crippen LogP contribution in [-0.2, 0) is 4.74 Å². The summed E-state index contributed by atoms with van der Waals surface area (Å²) in [6, 6.07) is 5.64. The van der Waals surface area contributed by atoms with Crippen LogP contribution in [0.5, 0.6) is 0 Å². The van der Waals surface area contributed by atoms with Gasteiger partial charge in [-0.15, -0.1) is 11.3 Å². The van der Waals surface area contributed by atoms with Crippen LogP contribution < -0.4 is 5.32 Å². The number of nitrogens with one attached hydrogen (secondary N) is 1. The first-order valence-electron chi connectivity index (χ1n) is 6.21. The van der Waals surface area contributed by atoms with Gasteiger partial charge in [-0.25, -0.2) is 9.78 Å². The van der Waals surface area contributed by atoms with Gasteiger partial charge in [0.05, 0.1) is 12.3 Å². The summed E-state index contributed by atoms with van der Waals surface area (Å²) in [6.07, 6.45) is 0. The van der Waals surface area contributed by atoms with E-state index < -0.39 is 5.97 Å². The van der Waals surface area contributed by atoms with Crippen molar-refractivity contribution < 1.29 is 14.3 Å². The van der Waals surface area contributed by atoms with E-state index in [2.05, 4.69) is 26.2 Å². The van der Waals surface area contributed by atoms with E-state index in [-0.39, 0.29) is 23.2 Å². The van der Waals surface area contributed by atoms with Crippen molar-refractivity contribution in [3.05, 3.63) is 44.3 Å². The summed E-state index contributed by atoms with van der Waals surface area (Å²) >= 11 is 4.46. The fraction of sp³-hybridized carbons (Fsp3) is 0.214. The predicted octanol–water partition coefficient (Wildman–Crippen LogP) is 3.64. The van der Waals surface area contributed by atoms with Gasteiger partial charge in [0.2, 0.25) is 5.01 Å². The summed E-state index contributed by atoms with van der Waals surface area (Å²) in [5.41, 5.74) is 1.88. The molecule has 1 aromatic carbocycles. The van der Waals surface area contributed by atoms with Gasteiger partial charge >= 0.3 is 5.97 Å². The third-order valence-electron chi connectivity index (χ3n) is 2.56. The van der Waals surface area contributed by atoms with Crippen molar-refractivity contribution in [1.82, 2.24) is 4.98 Å². The number of hydrogen-bond donors (Lipinski definition) is 1. The molecule has 110 valence electrons. The molecule has 0 aliphatic heterocycles. The van der Waals surface area contributed by atoms with Crippen molar-refractivity contribution in [2.75, 3.05) is 11.9 Å². The number of hydrogen-bond acceptors (Lipinski definition) is 5. The molecule has 5 nitrogen and oxygen atoms in total. The van der Waals surface area contributed by atoms with Crippen LogP contribution in [0.15, 0.2) is 28.1 Å². The number of thiazole rings is 1. The molecule has 0 aliphatic carbocycles. The van der Waals surface area contributed by atoms with Gasteiger partial charge in [0.1, 0.15) is 5.69 Å². The first kappa shape index (κ1) is 15.7. The van der Waals surface area contributed by atoms with Crippen LogP contribution in [0.3, 0.4) is 0 Å². The quantitative estimate of drug-likeness (QED) is 0.836. The largest absolute Gasteiger partial charge is 0.461 e. The monoisotopic (exact) mass is 368 g/mol. The van der Waals surface area contributed by atoms with Crippen molar-refractivity contribution in [3.8, 4) is 0 Å². The van der Waals surface area contributed by atoms with Crippen LogP contribution in [0.2, 0.25) is 0 Å². The van der Waals surface area contributed by atoms with Gasteiger partial charge in [-0.2, -0.15) is 0 Å². The molecule has 1 N–H and O–H groups in total. The van der Waals surface area contributed by atoms with Crippen LogP contribution in [0.4, 0.5) is 5.69 Å². The average molecular weight is 369 g/mol. The SMILES string of the molecule is CCOC(=O)c1nc(C(=O)Nc2cc(C)ccc2Br)cs1. The highest BCUT2D eigenvalue weighted by atomic mass is 79.9. The molecule has 2 rings (SSSR count). The fourth-order valence-corrected chi connectivity index (χ4v) is 2.62. The van der Waals surface area contributed by atoms with Crippen molar-refractivity contribution in [1.29, 1.82) is 0 Å². The number of ether oxygens (including phenoxy) is 1. The second kappa shape index (κ2) is 6.82. The number of aromatic nitrogens is 1.